The largest absolute Gasteiger partial charge is 0.351 e. The first-order chi connectivity index (χ1) is 11.6. The van der Waals surface area contributed by atoms with Crippen LogP contribution in [0.4, 0.5) is 0 Å². The zero-order valence-electron chi connectivity index (χ0n) is 13.2. The van der Waals surface area contributed by atoms with Crippen LogP contribution in [0, 0.1) is 0 Å². The summed E-state index contributed by atoms with van der Waals surface area (Å²) in [6.45, 7) is 2.30. The highest BCUT2D eigenvalue weighted by atomic mass is 32.2. The molecule has 1 amide bonds. The molecule has 1 N–H and O–H groups in total. The Morgan fingerprint density at radius 3 is 2.83 bits per heavy atom. The Hall–Kier alpha value is -1.71. The molecule has 7 nitrogen and oxygen atoms in total. The average molecular weight is 368 g/mol. The van der Waals surface area contributed by atoms with Crippen LogP contribution < -0.4 is 5.32 Å². The molecule has 0 aromatic carbocycles. The van der Waals surface area contributed by atoms with Gasteiger partial charge in [0.2, 0.25) is 10.0 Å². The minimum atomic E-state index is -3.57. The van der Waals surface area contributed by atoms with Crippen LogP contribution >= 0.6 is 11.3 Å². The predicted molar refractivity (Wildman–Crippen MR) is 91.5 cm³/mol. The number of rotatable bonds is 7. The number of hydrogen-bond donors (Lipinski definition) is 1. The third-order valence-corrected chi connectivity index (χ3v) is 6.94. The lowest BCUT2D eigenvalue weighted by Gasteiger charge is -2.15. The minimum Gasteiger partial charge on any atom is -0.351 e. The standard InChI is InChI=1S/C15H20N4O3S2/c20-15(17-5-3-7-18-10-6-16-12-18)14-13(4-11-23-14)24(21,22)19-8-1-2-9-19/h4,6,10-12H,1-3,5,7-9H2,(H,17,20). The lowest BCUT2D eigenvalue weighted by Crippen LogP contribution is -2.31. The van der Waals surface area contributed by atoms with Crippen molar-refractivity contribution in [1.29, 1.82) is 0 Å². The third-order valence-electron chi connectivity index (χ3n) is 3.96. The molecule has 0 aliphatic carbocycles. The first kappa shape index (κ1) is 17.1. The average Bonchev–Trinajstić information content (AvgIpc) is 3.33. The van der Waals surface area contributed by atoms with Crippen LogP contribution in [-0.2, 0) is 16.6 Å². The number of imidazole rings is 1. The Morgan fingerprint density at radius 1 is 1.33 bits per heavy atom. The van der Waals surface area contributed by atoms with Crippen molar-refractivity contribution in [1.82, 2.24) is 19.2 Å². The highest BCUT2D eigenvalue weighted by Gasteiger charge is 2.31. The second-order valence-electron chi connectivity index (χ2n) is 5.64. The van der Waals surface area contributed by atoms with E-state index >= 15 is 0 Å². The van der Waals surface area contributed by atoms with Gasteiger partial charge in [-0.25, -0.2) is 13.4 Å². The van der Waals surface area contributed by atoms with E-state index in [-0.39, 0.29) is 15.7 Å². The lowest BCUT2D eigenvalue weighted by atomic mass is 10.4. The molecule has 0 atom stereocenters. The van der Waals surface area contributed by atoms with Crippen LogP contribution in [0.5, 0.6) is 0 Å². The molecule has 0 bridgehead atoms. The Bertz CT molecular complexity index is 778. The maximum atomic E-state index is 12.6. The summed E-state index contributed by atoms with van der Waals surface area (Å²) in [5.74, 6) is -0.326. The van der Waals surface area contributed by atoms with Crippen molar-refractivity contribution in [2.24, 2.45) is 0 Å². The third kappa shape index (κ3) is 3.68. The van der Waals surface area contributed by atoms with E-state index in [0.29, 0.717) is 19.6 Å². The Balaban J connectivity index is 1.60. The number of thiophene rings is 1. The molecule has 1 aliphatic rings. The van der Waals surface area contributed by atoms with Gasteiger partial charge in [0, 0.05) is 38.6 Å². The van der Waals surface area contributed by atoms with Gasteiger partial charge in [0.15, 0.2) is 0 Å². The van der Waals surface area contributed by atoms with E-state index in [1.807, 2.05) is 10.8 Å². The molecule has 130 valence electrons. The summed E-state index contributed by atoms with van der Waals surface area (Å²) < 4.78 is 28.7. The summed E-state index contributed by atoms with van der Waals surface area (Å²) in [4.78, 5) is 16.7. The number of aromatic nitrogens is 2. The number of nitrogens with zero attached hydrogens (tertiary/aromatic N) is 3. The summed E-state index contributed by atoms with van der Waals surface area (Å²) in [6, 6.07) is 1.53. The molecule has 0 radical (unpaired) electrons. The Labute approximate surface area is 145 Å². The number of aryl methyl sites for hydroxylation is 1. The second kappa shape index (κ2) is 7.45. The Morgan fingerprint density at radius 2 is 2.12 bits per heavy atom. The van der Waals surface area contributed by atoms with Crippen LogP contribution in [0.25, 0.3) is 0 Å². The van der Waals surface area contributed by atoms with Gasteiger partial charge in [0.25, 0.3) is 5.91 Å². The topological polar surface area (TPSA) is 84.3 Å². The second-order valence-corrected chi connectivity index (χ2v) is 8.46. The van der Waals surface area contributed by atoms with Gasteiger partial charge >= 0.3 is 0 Å². The van der Waals surface area contributed by atoms with Crippen molar-refractivity contribution in [3.05, 3.63) is 35.0 Å². The zero-order chi connectivity index (χ0) is 17.0. The van der Waals surface area contributed by atoms with E-state index in [1.54, 1.807) is 17.9 Å². The van der Waals surface area contributed by atoms with Crippen LogP contribution in [0.2, 0.25) is 0 Å². The van der Waals surface area contributed by atoms with Gasteiger partial charge in [-0.3, -0.25) is 4.79 Å². The minimum absolute atomic E-state index is 0.126. The number of hydrogen-bond acceptors (Lipinski definition) is 5. The molecule has 1 saturated heterocycles. The Kier molecular flexibility index (Phi) is 5.32. The first-order valence-corrected chi connectivity index (χ1v) is 10.2. The fourth-order valence-corrected chi connectivity index (χ4v) is 5.53. The SMILES string of the molecule is O=C(NCCCn1ccnc1)c1sccc1S(=O)(=O)N1CCCC1. The van der Waals surface area contributed by atoms with E-state index in [1.165, 1.54) is 21.7 Å². The summed E-state index contributed by atoms with van der Waals surface area (Å²) in [5.41, 5.74) is 0. The van der Waals surface area contributed by atoms with Gasteiger partial charge in [0.05, 0.1) is 6.33 Å². The molecule has 9 heteroatoms. The summed E-state index contributed by atoms with van der Waals surface area (Å²) >= 11 is 1.17. The summed E-state index contributed by atoms with van der Waals surface area (Å²) in [5, 5.41) is 4.46. The van der Waals surface area contributed by atoms with Crippen molar-refractivity contribution < 1.29 is 13.2 Å². The van der Waals surface area contributed by atoms with E-state index < -0.39 is 10.0 Å². The molecule has 0 spiro atoms. The smallest absolute Gasteiger partial charge is 0.262 e. The highest BCUT2D eigenvalue weighted by Crippen LogP contribution is 2.27. The van der Waals surface area contributed by atoms with Gasteiger partial charge in [0.1, 0.15) is 9.77 Å². The van der Waals surface area contributed by atoms with Crippen molar-refractivity contribution in [3.8, 4) is 0 Å². The van der Waals surface area contributed by atoms with Crippen LogP contribution in [0.3, 0.4) is 0 Å². The van der Waals surface area contributed by atoms with Crippen molar-refractivity contribution in [2.75, 3.05) is 19.6 Å². The molecule has 1 aliphatic heterocycles. The summed E-state index contributed by atoms with van der Waals surface area (Å²) in [6.07, 6.45) is 7.79. The van der Waals surface area contributed by atoms with Crippen LogP contribution in [-0.4, -0.2) is 47.8 Å². The van der Waals surface area contributed by atoms with E-state index in [4.69, 9.17) is 0 Å². The molecule has 0 unspecified atom stereocenters. The normalized spacial score (nSPS) is 15.7. The predicted octanol–water partition coefficient (Wildman–Crippen LogP) is 1.55. The van der Waals surface area contributed by atoms with Crippen LogP contribution in [0.15, 0.2) is 35.1 Å². The number of carbonyl (C=O) groups is 1. The highest BCUT2D eigenvalue weighted by molar-refractivity contribution is 7.89. The maximum Gasteiger partial charge on any atom is 0.262 e. The molecule has 0 saturated carbocycles. The number of amides is 1. The van der Waals surface area contributed by atoms with Gasteiger partial charge in [-0.2, -0.15) is 4.31 Å². The molecule has 1 fully saturated rings. The molecule has 3 heterocycles. The van der Waals surface area contributed by atoms with Gasteiger partial charge in [-0.15, -0.1) is 11.3 Å². The molecule has 24 heavy (non-hydrogen) atoms. The van der Waals surface area contributed by atoms with E-state index in [0.717, 1.165) is 25.8 Å². The quantitative estimate of drug-likeness (QED) is 0.752. The molecule has 3 rings (SSSR count). The van der Waals surface area contributed by atoms with Gasteiger partial charge < -0.3 is 9.88 Å². The van der Waals surface area contributed by atoms with Crippen LogP contribution in [0.1, 0.15) is 28.9 Å². The van der Waals surface area contributed by atoms with Gasteiger partial charge in [-0.05, 0) is 30.7 Å². The fraction of sp³-hybridized carbons (Fsp3) is 0.467. The maximum absolute atomic E-state index is 12.6. The molecular formula is C15H20N4O3S2. The number of sulfonamides is 1. The monoisotopic (exact) mass is 368 g/mol. The van der Waals surface area contributed by atoms with Crippen molar-refractivity contribution in [3.63, 3.8) is 0 Å². The zero-order valence-corrected chi connectivity index (χ0v) is 14.9. The summed E-state index contributed by atoms with van der Waals surface area (Å²) in [7, 11) is -3.57. The molecule has 2 aromatic rings. The first-order valence-electron chi connectivity index (χ1n) is 7.90. The number of nitrogens with one attached hydrogen (secondary N) is 1. The van der Waals surface area contributed by atoms with E-state index in [2.05, 4.69) is 10.3 Å². The number of carbonyl (C=O) groups excluding carboxylic acids is 1. The van der Waals surface area contributed by atoms with Crippen molar-refractivity contribution in [2.45, 2.75) is 30.7 Å². The lowest BCUT2D eigenvalue weighted by molar-refractivity contribution is 0.0953. The van der Waals surface area contributed by atoms with Crippen molar-refractivity contribution >= 4 is 27.3 Å². The molecule has 2 aromatic heterocycles. The van der Waals surface area contributed by atoms with E-state index in [9.17, 15) is 13.2 Å². The van der Waals surface area contributed by atoms with Gasteiger partial charge in [-0.1, -0.05) is 0 Å². The molecular weight excluding hydrogens is 348 g/mol. The fourth-order valence-electron chi connectivity index (χ4n) is 2.70.